The number of fused-ring (bicyclic) bond motifs is 1. The number of carbonyl (C=O) groups is 2. The van der Waals surface area contributed by atoms with E-state index in [0.717, 1.165) is 11.1 Å². The number of rotatable bonds is 12. The van der Waals surface area contributed by atoms with Gasteiger partial charge in [0.2, 0.25) is 11.8 Å². The van der Waals surface area contributed by atoms with Crippen LogP contribution in [0.1, 0.15) is 39.8 Å². The van der Waals surface area contributed by atoms with E-state index in [2.05, 4.69) is 10.6 Å². The van der Waals surface area contributed by atoms with E-state index in [-0.39, 0.29) is 29.1 Å². The quantitative estimate of drug-likeness (QED) is 0.142. The van der Waals surface area contributed by atoms with Gasteiger partial charge in [-0.2, -0.15) is 0 Å². The average Bonchev–Trinajstić information content (AvgIpc) is 3.44. The van der Waals surface area contributed by atoms with Gasteiger partial charge in [-0.3, -0.25) is 9.59 Å². The summed E-state index contributed by atoms with van der Waals surface area (Å²) in [6.07, 6.45) is 3.40. The minimum absolute atomic E-state index is 0.0348. The van der Waals surface area contributed by atoms with Gasteiger partial charge in [0.1, 0.15) is 35.0 Å². The summed E-state index contributed by atoms with van der Waals surface area (Å²) in [7, 11) is 2.99. The molecular weight excluding hydrogens is 588 g/mol. The van der Waals surface area contributed by atoms with Gasteiger partial charge in [0, 0.05) is 36.4 Å². The lowest BCUT2D eigenvalue weighted by Crippen LogP contribution is -2.33. The molecule has 0 radical (unpaired) electrons. The molecular formula is C36H36N2O8. The molecule has 0 bridgehead atoms. The van der Waals surface area contributed by atoms with E-state index in [0.29, 0.717) is 59.9 Å². The monoisotopic (exact) mass is 624 g/mol. The molecule has 1 aliphatic heterocycles. The molecule has 46 heavy (non-hydrogen) atoms. The predicted octanol–water partition coefficient (Wildman–Crippen LogP) is 4.77. The summed E-state index contributed by atoms with van der Waals surface area (Å²) in [5.41, 5.74) is 3.67. The van der Waals surface area contributed by atoms with Gasteiger partial charge in [-0.25, -0.2) is 0 Å². The maximum absolute atomic E-state index is 13.8. The number of aromatic hydroxyl groups is 3. The molecule has 0 aliphatic carbocycles. The fourth-order valence-corrected chi connectivity index (χ4v) is 5.36. The summed E-state index contributed by atoms with van der Waals surface area (Å²) in [6, 6.07) is 21.8. The molecule has 0 saturated carbocycles. The summed E-state index contributed by atoms with van der Waals surface area (Å²) in [6.45, 7) is 0.753. The number of carbonyl (C=O) groups excluding carboxylic acids is 2. The first-order valence-electron chi connectivity index (χ1n) is 14.8. The maximum Gasteiger partial charge on any atom is 0.244 e. The molecule has 0 spiro atoms. The van der Waals surface area contributed by atoms with E-state index in [1.165, 1.54) is 32.4 Å². The minimum Gasteiger partial charge on any atom is -0.508 e. The third kappa shape index (κ3) is 7.71. The van der Waals surface area contributed by atoms with Crippen LogP contribution in [0.15, 0.2) is 84.9 Å². The Hall–Kier alpha value is -5.64. The standard InChI is InChI=1S/C36H36N2O8/c1-44-29-20-25(19-28(41)21-29)34-33(36(43)38-16-14-23-5-10-27(40)11-6-23)30-17-24(18-31(45-2)35(30)46-34)7-12-32(42)37-15-13-22-3-8-26(39)9-4-22/h3-12,17-21,33-34,39-41H,13-16H2,1-2H3,(H,37,42)(H,38,43). The molecule has 0 aromatic heterocycles. The molecule has 2 unspecified atom stereocenters. The van der Waals surface area contributed by atoms with Gasteiger partial charge in [0.15, 0.2) is 11.5 Å². The van der Waals surface area contributed by atoms with Gasteiger partial charge in [-0.05, 0) is 84.1 Å². The number of phenolic OH excluding ortho intramolecular Hbond substituents is 3. The Morgan fingerprint density at radius 3 is 2.02 bits per heavy atom. The number of nitrogens with one attached hydrogen (secondary N) is 2. The Bertz CT molecular complexity index is 1720. The zero-order valence-electron chi connectivity index (χ0n) is 25.5. The lowest BCUT2D eigenvalue weighted by Gasteiger charge is -2.20. The Morgan fingerprint density at radius 1 is 0.783 bits per heavy atom. The Morgan fingerprint density at radius 2 is 1.41 bits per heavy atom. The van der Waals surface area contributed by atoms with Crippen molar-refractivity contribution in [1.29, 1.82) is 0 Å². The molecule has 10 heteroatoms. The topological polar surface area (TPSA) is 147 Å². The van der Waals surface area contributed by atoms with E-state index in [1.807, 2.05) is 0 Å². The average molecular weight is 625 g/mol. The molecule has 5 rings (SSSR count). The van der Waals surface area contributed by atoms with Crippen molar-refractivity contribution in [2.45, 2.75) is 24.9 Å². The second-order valence-electron chi connectivity index (χ2n) is 10.9. The second kappa shape index (κ2) is 14.4. The fraction of sp³-hybridized carbons (Fsp3) is 0.222. The Kier molecular flexibility index (Phi) is 9.97. The van der Waals surface area contributed by atoms with Crippen LogP contribution in [0, 0.1) is 0 Å². The summed E-state index contributed by atoms with van der Waals surface area (Å²) in [5.74, 6) is 0.117. The van der Waals surface area contributed by atoms with Crippen molar-refractivity contribution in [3.05, 3.63) is 113 Å². The van der Waals surface area contributed by atoms with Crippen molar-refractivity contribution >= 4 is 17.9 Å². The maximum atomic E-state index is 13.8. The Balaban J connectivity index is 1.37. The van der Waals surface area contributed by atoms with E-state index < -0.39 is 12.0 Å². The van der Waals surface area contributed by atoms with Gasteiger partial charge in [0.05, 0.1) is 14.2 Å². The number of methoxy groups -OCH3 is 2. The SMILES string of the molecule is COc1cc(O)cc(C2Oc3c(OC)cc(C=CC(=O)NCCc4ccc(O)cc4)cc3C2C(=O)NCCc2ccc(O)cc2)c1. The van der Waals surface area contributed by atoms with Gasteiger partial charge in [-0.15, -0.1) is 0 Å². The number of benzene rings is 4. The molecule has 0 saturated heterocycles. The van der Waals surface area contributed by atoms with E-state index in [9.17, 15) is 24.9 Å². The van der Waals surface area contributed by atoms with Crippen molar-refractivity contribution in [2.24, 2.45) is 0 Å². The first-order chi connectivity index (χ1) is 22.2. The highest BCUT2D eigenvalue weighted by Gasteiger charge is 2.42. The first kappa shape index (κ1) is 31.8. The third-order valence-corrected chi connectivity index (χ3v) is 7.69. The van der Waals surface area contributed by atoms with Crippen LogP contribution < -0.4 is 24.8 Å². The first-order valence-corrected chi connectivity index (χ1v) is 14.8. The largest absolute Gasteiger partial charge is 0.508 e. The van der Waals surface area contributed by atoms with Gasteiger partial charge < -0.3 is 40.2 Å². The number of phenols is 3. The van der Waals surface area contributed by atoms with Crippen LogP contribution in [0.2, 0.25) is 0 Å². The molecule has 10 nitrogen and oxygen atoms in total. The van der Waals surface area contributed by atoms with Gasteiger partial charge in [-0.1, -0.05) is 24.3 Å². The van der Waals surface area contributed by atoms with E-state index in [4.69, 9.17) is 14.2 Å². The number of amides is 2. The second-order valence-corrected chi connectivity index (χ2v) is 10.9. The summed E-state index contributed by atoms with van der Waals surface area (Å²) >= 11 is 0. The highest BCUT2D eigenvalue weighted by atomic mass is 16.5. The highest BCUT2D eigenvalue weighted by Crippen LogP contribution is 2.52. The Labute approximate surface area is 266 Å². The van der Waals surface area contributed by atoms with Crippen LogP contribution in [0.5, 0.6) is 34.5 Å². The van der Waals surface area contributed by atoms with Crippen LogP contribution >= 0.6 is 0 Å². The van der Waals surface area contributed by atoms with E-state index in [1.54, 1.807) is 72.8 Å². The lowest BCUT2D eigenvalue weighted by molar-refractivity contribution is -0.124. The molecule has 238 valence electrons. The summed E-state index contributed by atoms with van der Waals surface area (Å²) in [4.78, 5) is 26.4. The molecule has 4 aromatic carbocycles. The molecule has 1 aliphatic rings. The number of hydrogen-bond acceptors (Lipinski definition) is 8. The van der Waals surface area contributed by atoms with Gasteiger partial charge >= 0.3 is 0 Å². The predicted molar refractivity (Wildman–Crippen MR) is 172 cm³/mol. The molecule has 1 heterocycles. The fourth-order valence-electron chi connectivity index (χ4n) is 5.36. The number of hydrogen-bond donors (Lipinski definition) is 5. The van der Waals surface area contributed by atoms with E-state index >= 15 is 0 Å². The van der Waals surface area contributed by atoms with Crippen LogP contribution in [0.4, 0.5) is 0 Å². The lowest BCUT2D eigenvalue weighted by atomic mass is 9.89. The van der Waals surface area contributed by atoms with Crippen LogP contribution in [0.3, 0.4) is 0 Å². The molecule has 0 fully saturated rings. The molecule has 2 amide bonds. The van der Waals surface area contributed by atoms with Crippen molar-refractivity contribution in [3.8, 4) is 34.5 Å². The molecule has 5 N–H and O–H groups in total. The molecule has 2 atom stereocenters. The zero-order valence-corrected chi connectivity index (χ0v) is 25.5. The van der Waals surface area contributed by atoms with Crippen LogP contribution in [0.25, 0.3) is 6.08 Å². The highest BCUT2D eigenvalue weighted by molar-refractivity contribution is 5.92. The van der Waals surface area contributed by atoms with Crippen molar-refractivity contribution < 1.29 is 39.1 Å². The smallest absolute Gasteiger partial charge is 0.244 e. The molecule has 4 aromatic rings. The third-order valence-electron chi connectivity index (χ3n) is 7.69. The van der Waals surface area contributed by atoms with Gasteiger partial charge in [0.25, 0.3) is 0 Å². The summed E-state index contributed by atoms with van der Waals surface area (Å²) in [5, 5.41) is 35.3. The van der Waals surface area contributed by atoms with Crippen LogP contribution in [-0.2, 0) is 22.4 Å². The van der Waals surface area contributed by atoms with Crippen molar-refractivity contribution in [1.82, 2.24) is 10.6 Å². The summed E-state index contributed by atoms with van der Waals surface area (Å²) < 4.78 is 17.4. The van der Waals surface area contributed by atoms with Crippen molar-refractivity contribution in [2.75, 3.05) is 27.3 Å². The zero-order chi connectivity index (χ0) is 32.6. The minimum atomic E-state index is -0.817. The van der Waals surface area contributed by atoms with Crippen molar-refractivity contribution in [3.63, 3.8) is 0 Å². The normalized spacial score (nSPS) is 15.2. The van der Waals surface area contributed by atoms with Crippen LogP contribution in [-0.4, -0.2) is 54.4 Å². The number of ether oxygens (including phenoxy) is 3.